The van der Waals surface area contributed by atoms with E-state index in [4.69, 9.17) is 26.1 Å². The van der Waals surface area contributed by atoms with Gasteiger partial charge in [-0.3, -0.25) is 4.90 Å². The molecule has 1 N–H and O–H groups in total. The first kappa shape index (κ1) is 22.1. The van der Waals surface area contributed by atoms with Crippen LogP contribution in [0.15, 0.2) is 12.1 Å². The zero-order valence-corrected chi connectivity index (χ0v) is 19.4. The standard InChI is InChI=1S/C23H31ClFN5O2/c1-14-12-31-13-15(2)30(14)6-3-7-32-23-27-21-19(8-16(24)9-20(21)25)22(28-23)29-10-17-4-5-18(11-29)26-17/h8-9,14-15,17-18,26H,3-7,10-13H2,1-2H3/t14-,15-,17-,18+/m0/s1. The average Bonchev–Trinajstić information content (AvgIpc) is 3.10. The van der Waals surface area contributed by atoms with Gasteiger partial charge in [0, 0.05) is 54.2 Å². The van der Waals surface area contributed by atoms with Crippen molar-refractivity contribution in [1.29, 1.82) is 0 Å². The first-order chi connectivity index (χ1) is 15.5. The summed E-state index contributed by atoms with van der Waals surface area (Å²) in [5, 5.41) is 4.61. The van der Waals surface area contributed by atoms with Gasteiger partial charge in [-0.2, -0.15) is 9.97 Å². The van der Waals surface area contributed by atoms with Crippen molar-refractivity contribution >= 4 is 28.3 Å². The Morgan fingerprint density at radius 3 is 2.59 bits per heavy atom. The van der Waals surface area contributed by atoms with Crippen LogP contribution in [0.25, 0.3) is 10.9 Å². The van der Waals surface area contributed by atoms with E-state index in [0.717, 1.165) is 52.1 Å². The van der Waals surface area contributed by atoms with Gasteiger partial charge in [0.05, 0.1) is 19.8 Å². The number of rotatable bonds is 6. The second kappa shape index (κ2) is 9.25. The second-order valence-corrected chi connectivity index (χ2v) is 9.77. The predicted octanol–water partition coefficient (Wildman–Crippen LogP) is 3.24. The number of morpholine rings is 1. The lowest BCUT2D eigenvalue weighted by Gasteiger charge is -2.38. The van der Waals surface area contributed by atoms with E-state index >= 15 is 0 Å². The number of benzene rings is 1. The van der Waals surface area contributed by atoms with Gasteiger partial charge >= 0.3 is 6.01 Å². The molecule has 7 nitrogen and oxygen atoms in total. The number of nitrogens with one attached hydrogen (secondary N) is 1. The molecule has 4 atom stereocenters. The normalized spacial score (nSPS) is 28.4. The SMILES string of the molecule is C[C@H]1COC[C@H](C)N1CCCOc1nc(N2C[C@H]3CC[C@@H](C2)N3)c2cc(Cl)cc(F)c2n1. The summed E-state index contributed by atoms with van der Waals surface area (Å²) in [6, 6.07) is 4.93. The number of fused-ring (bicyclic) bond motifs is 3. The molecule has 3 aliphatic heterocycles. The van der Waals surface area contributed by atoms with Crippen LogP contribution < -0.4 is 15.0 Å². The Morgan fingerprint density at radius 1 is 1.16 bits per heavy atom. The molecule has 2 aromatic rings. The zero-order chi connectivity index (χ0) is 22.2. The fourth-order valence-electron chi connectivity index (χ4n) is 5.28. The largest absolute Gasteiger partial charge is 0.463 e. The minimum atomic E-state index is -0.449. The molecule has 0 aliphatic carbocycles. The van der Waals surface area contributed by atoms with Gasteiger partial charge in [0.1, 0.15) is 11.3 Å². The van der Waals surface area contributed by atoms with Gasteiger partial charge in [-0.1, -0.05) is 11.6 Å². The molecule has 0 unspecified atom stereocenters. The monoisotopic (exact) mass is 463 g/mol. The molecule has 2 bridgehead atoms. The highest BCUT2D eigenvalue weighted by Gasteiger charge is 2.34. The molecule has 9 heteroatoms. The van der Waals surface area contributed by atoms with E-state index in [9.17, 15) is 4.39 Å². The van der Waals surface area contributed by atoms with Crippen molar-refractivity contribution in [2.75, 3.05) is 44.4 Å². The van der Waals surface area contributed by atoms with Crippen molar-refractivity contribution in [2.24, 2.45) is 0 Å². The van der Waals surface area contributed by atoms with Gasteiger partial charge in [0.15, 0.2) is 5.82 Å². The van der Waals surface area contributed by atoms with Crippen LogP contribution in [-0.4, -0.2) is 78.5 Å². The summed E-state index contributed by atoms with van der Waals surface area (Å²) in [7, 11) is 0. The molecule has 0 amide bonds. The van der Waals surface area contributed by atoms with Crippen molar-refractivity contribution in [1.82, 2.24) is 20.2 Å². The number of hydrogen-bond acceptors (Lipinski definition) is 7. The molecule has 3 saturated heterocycles. The summed E-state index contributed by atoms with van der Waals surface area (Å²) in [6.07, 6.45) is 3.15. The molecule has 5 rings (SSSR count). The second-order valence-electron chi connectivity index (χ2n) is 9.33. The van der Waals surface area contributed by atoms with Crippen LogP contribution in [0.3, 0.4) is 0 Å². The van der Waals surface area contributed by atoms with Gasteiger partial charge in [-0.25, -0.2) is 4.39 Å². The number of piperazine rings is 1. The lowest BCUT2D eigenvalue weighted by molar-refractivity contribution is -0.0380. The summed E-state index contributed by atoms with van der Waals surface area (Å²) < 4.78 is 26.3. The molecule has 1 aromatic heterocycles. The van der Waals surface area contributed by atoms with E-state index in [1.807, 2.05) is 0 Å². The molecular weight excluding hydrogens is 433 g/mol. The van der Waals surface area contributed by atoms with Gasteiger partial charge < -0.3 is 19.7 Å². The van der Waals surface area contributed by atoms with Crippen LogP contribution >= 0.6 is 11.6 Å². The minimum absolute atomic E-state index is 0.225. The smallest absolute Gasteiger partial charge is 0.319 e. The summed E-state index contributed by atoms with van der Waals surface area (Å²) in [5.74, 6) is 0.260. The molecular formula is C23H31ClFN5O2. The highest BCUT2D eigenvalue weighted by Crippen LogP contribution is 2.33. The predicted molar refractivity (Wildman–Crippen MR) is 123 cm³/mol. The first-order valence-electron chi connectivity index (χ1n) is 11.6. The Bertz CT molecular complexity index is 957. The number of anilines is 1. The van der Waals surface area contributed by atoms with Crippen molar-refractivity contribution in [3.8, 4) is 6.01 Å². The van der Waals surface area contributed by atoms with E-state index < -0.39 is 5.82 Å². The summed E-state index contributed by atoms with van der Waals surface area (Å²) in [4.78, 5) is 13.8. The molecule has 32 heavy (non-hydrogen) atoms. The minimum Gasteiger partial charge on any atom is -0.463 e. The average molecular weight is 464 g/mol. The molecule has 0 radical (unpaired) electrons. The van der Waals surface area contributed by atoms with E-state index in [-0.39, 0.29) is 11.5 Å². The van der Waals surface area contributed by atoms with E-state index in [2.05, 4.69) is 33.9 Å². The number of nitrogens with zero attached hydrogens (tertiary/aromatic N) is 4. The first-order valence-corrected chi connectivity index (χ1v) is 12.0. The number of hydrogen-bond donors (Lipinski definition) is 1. The third kappa shape index (κ3) is 4.51. The molecule has 174 valence electrons. The Labute approximate surface area is 193 Å². The van der Waals surface area contributed by atoms with Gasteiger partial charge in [0.2, 0.25) is 0 Å². The number of aromatic nitrogens is 2. The van der Waals surface area contributed by atoms with Gasteiger partial charge in [-0.05, 0) is 45.2 Å². The van der Waals surface area contributed by atoms with Gasteiger partial charge in [-0.15, -0.1) is 0 Å². The molecule has 0 saturated carbocycles. The Hall–Kier alpha value is -1.74. The van der Waals surface area contributed by atoms with E-state index in [0.29, 0.717) is 47.0 Å². The van der Waals surface area contributed by atoms with Crippen molar-refractivity contribution < 1.29 is 13.9 Å². The third-order valence-corrected chi connectivity index (χ3v) is 7.05. The quantitative estimate of drug-likeness (QED) is 0.660. The summed E-state index contributed by atoms with van der Waals surface area (Å²) in [6.45, 7) is 8.95. The van der Waals surface area contributed by atoms with Crippen LogP contribution in [0, 0.1) is 5.82 Å². The molecule has 1 aromatic carbocycles. The van der Waals surface area contributed by atoms with E-state index in [1.54, 1.807) is 6.07 Å². The summed E-state index contributed by atoms with van der Waals surface area (Å²) >= 11 is 6.17. The maximum Gasteiger partial charge on any atom is 0.319 e. The van der Waals surface area contributed by atoms with Crippen molar-refractivity contribution in [3.63, 3.8) is 0 Å². The van der Waals surface area contributed by atoms with Crippen LogP contribution in [0.1, 0.15) is 33.1 Å². The fourth-order valence-corrected chi connectivity index (χ4v) is 5.49. The Kier molecular flexibility index (Phi) is 6.38. The zero-order valence-electron chi connectivity index (χ0n) is 18.7. The highest BCUT2D eigenvalue weighted by atomic mass is 35.5. The molecule has 4 heterocycles. The van der Waals surface area contributed by atoms with Crippen LogP contribution in [-0.2, 0) is 4.74 Å². The molecule has 0 spiro atoms. The Balaban J connectivity index is 1.34. The number of halogens is 2. The highest BCUT2D eigenvalue weighted by molar-refractivity contribution is 6.31. The lowest BCUT2D eigenvalue weighted by atomic mass is 10.1. The van der Waals surface area contributed by atoms with Gasteiger partial charge in [0.25, 0.3) is 0 Å². The Morgan fingerprint density at radius 2 is 1.88 bits per heavy atom. The fraction of sp³-hybridized carbons (Fsp3) is 0.652. The topological polar surface area (TPSA) is 62.8 Å². The van der Waals surface area contributed by atoms with Crippen molar-refractivity contribution in [2.45, 2.75) is 57.3 Å². The maximum atomic E-state index is 14.8. The number of ether oxygens (including phenoxy) is 2. The molecule has 3 fully saturated rings. The van der Waals surface area contributed by atoms with Crippen LogP contribution in [0.2, 0.25) is 5.02 Å². The third-order valence-electron chi connectivity index (χ3n) is 6.84. The van der Waals surface area contributed by atoms with Crippen molar-refractivity contribution in [3.05, 3.63) is 23.0 Å². The van der Waals surface area contributed by atoms with Crippen LogP contribution in [0.5, 0.6) is 6.01 Å². The lowest BCUT2D eigenvalue weighted by Crippen LogP contribution is -2.51. The van der Waals surface area contributed by atoms with Crippen LogP contribution in [0.4, 0.5) is 10.2 Å². The molecule has 3 aliphatic rings. The maximum absolute atomic E-state index is 14.8. The van der Waals surface area contributed by atoms with E-state index in [1.165, 1.54) is 6.07 Å². The summed E-state index contributed by atoms with van der Waals surface area (Å²) in [5.41, 5.74) is 0.260.